The first kappa shape index (κ1) is 23.5. The summed E-state index contributed by atoms with van der Waals surface area (Å²) in [4.78, 5) is 0. The number of hydrogen-bond donors (Lipinski definition) is 0. The van der Waals surface area contributed by atoms with Crippen LogP contribution in [0.15, 0.2) is 164 Å². The first-order chi connectivity index (χ1) is 20.3. The summed E-state index contributed by atoms with van der Waals surface area (Å²) < 4.78 is 2.36. The molecule has 8 rings (SSSR count). The van der Waals surface area contributed by atoms with Crippen molar-refractivity contribution in [3.63, 3.8) is 0 Å². The van der Waals surface area contributed by atoms with Gasteiger partial charge in [0.2, 0.25) is 0 Å². The highest BCUT2D eigenvalue weighted by Crippen LogP contribution is 2.36. The first-order valence-electron chi connectivity index (χ1n) is 14.1. The molecule has 0 atom stereocenters. The zero-order valence-electron chi connectivity index (χ0n) is 22.5. The fourth-order valence-electron chi connectivity index (χ4n) is 6.18. The number of para-hydroxylation sites is 2. The second-order valence-electron chi connectivity index (χ2n) is 10.6. The molecule has 0 amide bonds. The lowest BCUT2D eigenvalue weighted by Crippen LogP contribution is -1.92. The second-order valence-corrected chi connectivity index (χ2v) is 10.6. The minimum absolute atomic E-state index is 1.18. The van der Waals surface area contributed by atoms with E-state index in [9.17, 15) is 0 Å². The van der Waals surface area contributed by atoms with E-state index < -0.39 is 0 Å². The van der Waals surface area contributed by atoms with E-state index in [1.54, 1.807) is 0 Å². The lowest BCUT2D eigenvalue weighted by molar-refractivity contribution is 1.18. The van der Waals surface area contributed by atoms with Crippen LogP contribution in [0.1, 0.15) is 0 Å². The maximum atomic E-state index is 2.36. The Morgan fingerprint density at radius 1 is 0.317 bits per heavy atom. The van der Waals surface area contributed by atoms with Gasteiger partial charge in [-0.15, -0.1) is 0 Å². The fourth-order valence-corrected chi connectivity index (χ4v) is 6.18. The molecule has 0 unspecified atom stereocenters. The van der Waals surface area contributed by atoms with Gasteiger partial charge in [-0.05, 0) is 74.5 Å². The van der Waals surface area contributed by atoms with E-state index in [0.717, 1.165) is 0 Å². The smallest absolute Gasteiger partial charge is 0.0541 e. The van der Waals surface area contributed by atoms with Gasteiger partial charge in [0.25, 0.3) is 0 Å². The molecule has 1 heterocycles. The number of aromatic nitrogens is 1. The van der Waals surface area contributed by atoms with Crippen molar-refractivity contribution < 1.29 is 0 Å². The molecule has 192 valence electrons. The predicted molar refractivity (Wildman–Crippen MR) is 175 cm³/mol. The highest BCUT2D eigenvalue weighted by Gasteiger charge is 2.13. The summed E-state index contributed by atoms with van der Waals surface area (Å²) in [6.45, 7) is 0. The third-order valence-corrected chi connectivity index (χ3v) is 8.22. The van der Waals surface area contributed by atoms with E-state index in [-0.39, 0.29) is 0 Å². The van der Waals surface area contributed by atoms with Gasteiger partial charge in [-0.25, -0.2) is 0 Å². The van der Waals surface area contributed by atoms with Crippen molar-refractivity contribution in [2.45, 2.75) is 0 Å². The minimum atomic E-state index is 1.18. The molecular weight excluding hydrogens is 494 g/mol. The third kappa shape index (κ3) is 4.02. The van der Waals surface area contributed by atoms with Crippen molar-refractivity contribution in [3.8, 4) is 39.1 Å². The quantitative estimate of drug-likeness (QED) is 0.217. The summed E-state index contributed by atoms with van der Waals surface area (Å²) in [5.41, 5.74) is 11.0. The Morgan fingerprint density at radius 3 is 1.61 bits per heavy atom. The van der Waals surface area contributed by atoms with E-state index >= 15 is 0 Å². The van der Waals surface area contributed by atoms with Crippen molar-refractivity contribution in [1.82, 2.24) is 4.57 Å². The molecule has 1 heteroatoms. The average molecular weight is 522 g/mol. The molecule has 7 aromatic carbocycles. The SMILES string of the molecule is c1ccc(-n2c3ccccc3c3cc(-c4ccc(-c5ccc(-c6cccc7ccccc67)cc5)cc4)ccc32)cc1. The predicted octanol–water partition coefficient (Wildman–Crippen LogP) is 10.9. The van der Waals surface area contributed by atoms with Crippen LogP contribution in [0.4, 0.5) is 0 Å². The van der Waals surface area contributed by atoms with Gasteiger partial charge in [-0.1, -0.05) is 133 Å². The largest absolute Gasteiger partial charge is 0.309 e. The van der Waals surface area contributed by atoms with Gasteiger partial charge in [0.1, 0.15) is 0 Å². The summed E-state index contributed by atoms with van der Waals surface area (Å²) in [6, 6.07) is 59.2. The summed E-state index contributed by atoms with van der Waals surface area (Å²) >= 11 is 0. The van der Waals surface area contributed by atoms with Crippen LogP contribution in [0.5, 0.6) is 0 Å². The molecule has 1 nitrogen and oxygen atoms in total. The van der Waals surface area contributed by atoms with Crippen LogP contribution in [0.25, 0.3) is 71.6 Å². The Hall–Kier alpha value is -5.40. The average Bonchev–Trinajstić information content (AvgIpc) is 3.39. The number of benzene rings is 7. The van der Waals surface area contributed by atoms with Crippen LogP contribution in [0, 0.1) is 0 Å². The van der Waals surface area contributed by atoms with E-state index in [4.69, 9.17) is 0 Å². The Kier molecular flexibility index (Phi) is 5.53. The monoisotopic (exact) mass is 521 g/mol. The Balaban J connectivity index is 1.14. The fraction of sp³-hybridized carbons (Fsp3) is 0. The molecule has 1 aromatic heterocycles. The lowest BCUT2D eigenvalue weighted by Gasteiger charge is -2.10. The highest BCUT2D eigenvalue weighted by molar-refractivity contribution is 6.10. The molecule has 0 N–H and O–H groups in total. The van der Waals surface area contributed by atoms with E-state index in [1.807, 2.05) is 0 Å². The van der Waals surface area contributed by atoms with Gasteiger partial charge >= 0.3 is 0 Å². The van der Waals surface area contributed by atoms with Crippen molar-refractivity contribution in [2.24, 2.45) is 0 Å². The molecule has 0 radical (unpaired) electrons. The topological polar surface area (TPSA) is 4.93 Å². The van der Waals surface area contributed by atoms with Crippen LogP contribution < -0.4 is 0 Å². The molecule has 41 heavy (non-hydrogen) atoms. The molecule has 8 aromatic rings. The van der Waals surface area contributed by atoms with Crippen LogP contribution in [0.3, 0.4) is 0 Å². The highest BCUT2D eigenvalue weighted by atomic mass is 15.0. The molecule has 0 spiro atoms. The summed E-state index contributed by atoms with van der Waals surface area (Å²) in [7, 11) is 0. The number of fused-ring (bicyclic) bond motifs is 4. The van der Waals surface area contributed by atoms with Gasteiger partial charge < -0.3 is 4.57 Å². The zero-order valence-corrected chi connectivity index (χ0v) is 22.5. The van der Waals surface area contributed by atoms with E-state index in [1.165, 1.54) is 71.6 Å². The van der Waals surface area contributed by atoms with E-state index in [2.05, 4.69) is 168 Å². The molecule has 0 saturated heterocycles. The van der Waals surface area contributed by atoms with Gasteiger partial charge in [0.15, 0.2) is 0 Å². The van der Waals surface area contributed by atoms with Crippen molar-refractivity contribution in [2.75, 3.05) is 0 Å². The first-order valence-corrected chi connectivity index (χ1v) is 14.1. The van der Waals surface area contributed by atoms with Crippen molar-refractivity contribution >= 4 is 32.6 Å². The Labute approximate surface area is 239 Å². The summed E-state index contributed by atoms with van der Waals surface area (Å²) in [5.74, 6) is 0. The maximum absolute atomic E-state index is 2.36. The van der Waals surface area contributed by atoms with Gasteiger partial charge in [0.05, 0.1) is 11.0 Å². The van der Waals surface area contributed by atoms with Gasteiger partial charge in [0, 0.05) is 16.5 Å². The molecule has 0 aliphatic rings. The second kappa shape index (κ2) is 9.66. The molecule has 0 aliphatic heterocycles. The molecule has 0 saturated carbocycles. The normalized spacial score (nSPS) is 11.4. The van der Waals surface area contributed by atoms with Crippen LogP contribution in [-0.2, 0) is 0 Å². The van der Waals surface area contributed by atoms with Gasteiger partial charge in [-0.3, -0.25) is 0 Å². The molecule has 0 aliphatic carbocycles. The standard InChI is InChI=1S/C40H27N/c1-2-11-34(12-3-1)41-39-16-7-6-14-37(39)38-27-33(25-26-40(38)41)30-19-17-28(18-20-30)29-21-23-32(24-22-29)36-15-8-10-31-9-4-5-13-35(31)36/h1-27H. The molecule has 0 bridgehead atoms. The molecule has 0 fully saturated rings. The Morgan fingerprint density at radius 2 is 0.854 bits per heavy atom. The zero-order chi connectivity index (χ0) is 27.2. The van der Waals surface area contributed by atoms with Crippen LogP contribution >= 0.6 is 0 Å². The van der Waals surface area contributed by atoms with E-state index in [0.29, 0.717) is 0 Å². The van der Waals surface area contributed by atoms with Crippen LogP contribution in [-0.4, -0.2) is 4.57 Å². The number of rotatable bonds is 4. The maximum Gasteiger partial charge on any atom is 0.0541 e. The Bertz CT molecular complexity index is 2160. The van der Waals surface area contributed by atoms with Crippen molar-refractivity contribution in [1.29, 1.82) is 0 Å². The molecular formula is C40H27N. The summed E-state index contributed by atoms with van der Waals surface area (Å²) in [6.07, 6.45) is 0. The van der Waals surface area contributed by atoms with Crippen LogP contribution in [0.2, 0.25) is 0 Å². The summed E-state index contributed by atoms with van der Waals surface area (Å²) in [5, 5.41) is 5.11. The third-order valence-electron chi connectivity index (χ3n) is 8.22. The number of nitrogens with zero attached hydrogens (tertiary/aromatic N) is 1. The lowest BCUT2D eigenvalue weighted by atomic mass is 9.95. The number of hydrogen-bond acceptors (Lipinski definition) is 0. The van der Waals surface area contributed by atoms with Gasteiger partial charge in [-0.2, -0.15) is 0 Å². The minimum Gasteiger partial charge on any atom is -0.309 e. The van der Waals surface area contributed by atoms with Crippen molar-refractivity contribution in [3.05, 3.63) is 164 Å².